The molecule has 0 aliphatic rings. The summed E-state index contributed by atoms with van der Waals surface area (Å²) < 4.78 is 0. The summed E-state index contributed by atoms with van der Waals surface area (Å²) >= 11 is 0. The van der Waals surface area contributed by atoms with Gasteiger partial charge < -0.3 is 10.6 Å². The summed E-state index contributed by atoms with van der Waals surface area (Å²) in [5.41, 5.74) is 1.33. The van der Waals surface area contributed by atoms with Gasteiger partial charge in [0.15, 0.2) is 0 Å². The van der Waals surface area contributed by atoms with E-state index in [0.29, 0.717) is 11.3 Å². The number of hydrogen-bond acceptors (Lipinski definition) is 1. The molecule has 0 saturated heterocycles. The van der Waals surface area contributed by atoms with Gasteiger partial charge in [0.2, 0.25) is 0 Å². The number of amides is 2. The summed E-state index contributed by atoms with van der Waals surface area (Å²) in [7, 11) is 0. The van der Waals surface area contributed by atoms with Gasteiger partial charge in [-0.25, -0.2) is 4.79 Å². The third-order valence-corrected chi connectivity index (χ3v) is 1.75. The van der Waals surface area contributed by atoms with Gasteiger partial charge in [-0.2, -0.15) is 0 Å². The topological polar surface area (TPSA) is 41.1 Å². The normalized spacial score (nSPS) is 9.47. The van der Waals surface area contributed by atoms with Gasteiger partial charge in [-0.3, -0.25) is 0 Å². The number of benzene rings is 1. The average molecular weight is 202 g/mol. The Hall–Kier alpha value is -1.95. The maximum atomic E-state index is 11.4. The lowest BCUT2D eigenvalue weighted by Gasteiger charge is -2.11. The summed E-state index contributed by atoms with van der Waals surface area (Å²) in [5.74, 6) is 2.51. The fourth-order valence-corrected chi connectivity index (χ4v) is 1.14. The summed E-state index contributed by atoms with van der Waals surface area (Å²) in [6.07, 6.45) is 5.31. The standard InChI is InChI=1S/C12H14N2O/c1-4-10-7-5-6-8-11(10)14-12(15)13-9(2)3/h1,5-9H,2-3H3,(H2,13,14,15). The number of carbonyl (C=O) groups is 1. The lowest BCUT2D eigenvalue weighted by molar-refractivity contribution is 0.250. The maximum absolute atomic E-state index is 11.4. The van der Waals surface area contributed by atoms with Crippen LogP contribution in [0.25, 0.3) is 0 Å². The number of rotatable bonds is 2. The van der Waals surface area contributed by atoms with E-state index in [4.69, 9.17) is 6.42 Å². The first-order chi connectivity index (χ1) is 7.13. The van der Waals surface area contributed by atoms with Crippen molar-refractivity contribution in [3.63, 3.8) is 0 Å². The lowest BCUT2D eigenvalue weighted by Crippen LogP contribution is -2.34. The Bertz CT molecular complexity index is 391. The zero-order valence-corrected chi connectivity index (χ0v) is 8.87. The Balaban J connectivity index is 2.73. The first-order valence-electron chi connectivity index (χ1n) is 4.76. The van der Waals surface area contributed by atoms with E-state index in [2.05, 4.69) is 16.6 Å². The fourth-order valence-electron chi connectivity index (χ4n) is 1.14. The zero-order valence-electron chi connectivity index (χ0n) is 8.87. The van der Waals surface area contributed by atoms with Crippen LogP contribution in [0.3, 0.4) is 0 Å². The highest BCUT2D eigenvalue weighted by molar-refractivity contribution is 5.90. The Labute approximate surface area is 89.9 Å². The Morgan fingerprint density at radius 2 is 2.07 bits per heavy atom. The number of urea groups is 1. The van der Waals surface area contributed by atoms with Gasteiger partial charge in [0, 0.05) is 11.6 Å². The molecular weight excluding hydrogens is 188 g/mol. The molecule has 78 valence electrons. The summed E-state index contributed by atoms with van der Waals surface area (Å²) in [6, 6.07) is 7.07. The molecule has 0 atom stereocenters. The van der Waals surface area contributed by atoms with Gasteiger partial charge in [0.25, 0.3) is 0 Å². The SMILES string of the molecule is C#Cc1ccccc1NC(=O)NC(C)C. The first kappa shape index (κ1) is 11.1. The monoisotopic (exact) mass is 202 g/mol. The molecule has 2 N–H and O–H groups in total. The second-order valence-corrected chi connectivity index (χ2v) is 3.44. The van der Waals surface area contributed by atoms with E-state index in [0.717, 1.165) is 0 Å². The van der Waals surface area contributed by atoms with Crippen molar-refractivity contribution >= 4 is 11.7 Å². The molecule has 0 aromatic heterocycles. The van der Waals surface area contributed by atoms with Crippen LogP contribution in [-0.2, 0) is 0 Å². The van der Waals surface area contributed by atoms with Crippen LogP contribution in [0, 0.1) is 12.3 Å². The molecule has 0 spiro atoms. The lowest BCUT2D eigenvalue weighted by atomic mass is 10.2. The number of para-hydroxylation sites is 1. The molecule has 0 saturated carbocycles. The summed E-state index contributed by atoms with van der Waals surface area (Å²) in [6.45, 7) is 3.79. The molecule has 3 heteroatoms. The molecule has 1 rings (SSSR count). The van der Waals surface area contributed by atoms with E-state index in [1.165, 1.54) is 0 Å². The van der Waals surface area contributed by atoms with Crippen LogP contribution in [0.15, 0.2) is 24.3 Å². The fraction of sp³-hybridized carbons (Fsp3) is 0.250. The summed E-state index contributed by atoms with van der Waals surface area (Å²) in [5, 5.41) is 5.42. The predicted octanol–water partition coefficient (Wildman–Crippen LogP) is 2.20. The van der Waals surface area contributed by atoms with E-state index in [9.17, 15) is 4.79 Å². The smallest absolute Gasteiger partial charge is 0.319 e. The molecular formula is C12H14N2O. The van der Waals surface area contributed by atoms with Crippen molar-refractivity contribution in [3.8, 4) is 12.3 Å². The van der Waals surface area contributed by atoms with Gasteiger partial charge in [-0.05, 0) is 26.0 Å². The molecule has 0 unspecified atom stereocenters. The largest absolute Gasteiger partial charge is 0.336 e. The molecule has 0 aliphatic carbocycles. The second-order valence-electron chi connectivity index (χ2n) is 3.44. The van der Waals surface area contributed by atoms with Crippen LogP contribution in [-0.4, -0.2) is 12.1 Å². The Morgan fingerprint density at radius 1 is 1.40 bits per heavy atom. The Morgan fingerprint density at radius 3 is 2.67 bits per heavy atom. The maximum Gasteiger partial charge on any atom is 0.319 e. The van der Waals surface area contributed by atoms with Crippen LogP contribution in [0.4, 0.5) is 10.5 Å². The molecule has 0 heterocycles. The van der Waals surface area contributed by atoms with E-state index in [-0.39, 0.29) is 12.1 Å². The van der Waals surface area contributed by atoms with Gasteiger partial charge in [-0.1, -0.05) is 18.1 Å². The second kappa shape index (κ2) is 5.06. The molecule has 3 nitrogen and oxygen atoms in total. The highest BCUT2D eigenvalue weighted by Crippen LogP contribution is 2.12. The van der Waals surface area contributed by atoms with Crippen molar-refractivity contribution in [3.05, 3.63) is 29.8 Å². The molecule has 2 amide bonds. The minimum absolute atomic E-state index is 0.1000. The van der Waals surface area contributed by atoms with Crippen molar-refractivity contribution in [2.24, 2.45) is 0 Å². The predicted molar refractivity (Wildman–Crippen MR) is 61.7 cm³/mol. The molecule has 0 fully saturated rings. The van der Waals surface area contributed by atoms with Crippen molar-refractivity contribution in [2.45, 2.75) is 19.9 Å². The van der Waals surface area contributed by atoms with Crippen LogP contribution >= 0.6 is 0 Å². The van der Waals surface area contributed by atoms with Crippen molar-refractivity contribution < 1.29 is 4.79 Å². The van der Waals surface area contributed by atoms with Gasteiger partial charge in [0.1, 0.15) is 0 Å². The summed E-state index contributed by atoms with van der Waals surface area (Å²) in [4.78, 5) is 11.4. The minimum Gasteiger partial charge on any atom is -0.336 e. The molecule has 0 radical (unpaired) electrons. The number of hydrogen-bond donors (Lipinski definition) is 2. The Kier molecular flexibility index (Phi) is 3.75. The van der Waals surface area contributed by atoms with E-state index < -0.39 is 0 Å². The van der Waals surface area contributed by atoms with Crippen molar-refractivity contribution in [2.75, 3.05) is 5.32 Å². The molecule has 0 aliphatic heterocycles. The third kappa shape index (κ3) is 3.35. The highest BCUT2D eigenvalue weighted by Gasteiger charge is 2.05. The number of nitrogens with one attached hydrogen (secondary N) is 2. The quantitative estimate of drug-likeness (QED) is 0.709. The van der Waals surface area contributed by atoms with Crippen molar-refractivity contribution in [1.29, 1.82) is 0 Å². The number of anilines is 1. The van der Waals surface area contributed by atoms with Crippen LogP contribution in [0.5, 0.6) is 0 Å². The molecule has 15 heavy (non-hydrogen) atoms. The first-order valence-corrected chi connectivity index (χ1v) is 4.76. The van der Waals surface area contributed by atoms with Gasteiger partial charge in [0.05, 0.1) is 5.69 Å². The molecule has 1 aromatic rings. The zero-order chi connectivity index (χ0) is 11.3. The highest BCUT2D eigenvalue weighted by atomic mass is 16.2. The third-order valence-electron chi connectivity index (χ3n) is 1.75. The van der Waals surface area contributed by atoms with Gasteiger partial charge >= 0.3 is 6.03 Å². The molecule has 1 aromatic carbocycles. The van der Waals surface area contributed by atoms with E-state index in [1.807, 2.05) is 26.0 Å². The van der Waals surface area contributed by atoms with Crippen LogP contribution < -0.4 is 10.6 Å². The van der Waals surface area contributed by atoms with E-state index >= 15 is 0 Å². The minimum atomic E-state index is -0.243. The van der Waals surface area contributed by atoms with Crippen LogP contribution in [0.2, 0.25) is 0 Å². The number of terminal acetylenes is 1. The van der Waals surface area contributed by atoms with E-state index in [1.54, 1.807) is 12.1 Å². The average Bonchev–Trinajstić information content (AvgIpc) is 2.17. The molecule has 0 bridgehead atoms. The number of carbonyl (C=O) groups excluding carboxylic acids is 1. The van der Waals surface area contributed by atoms with Crippen LogP contribution in [0.1, 0.15) is 19.4 Å². The van der Waals surface area contributed by atoms with Gasteiger partial charge in [-0.15, -0.1) is 6.42 Å². The van der Waals surface area contributed by atoms with Crippen molar-refractivity contribution in [1.82, 2.24) is 5.32 Å².